The van der Waals surface area contributed by atoms with Crippen LogP contribution < -0.4 is 11.1 Å². The van der Waals surface area contributed by atoms with Crippen LogP contribution in [0.4, 0.5) is 5.82 Å². The molecule has 1 aromatic carbocycles. The normalized spacial score (nSPS) is 16.6. The van der Waals surface area contributed by atoms with Crippen molar-refractivity contribution in [3.63, 3.8) is 0 Å². The molecule has 1 atom stereocenters. The lowest BCUT2D eigenvalue weighted by molar-refractivity contribution is 0.0910. The van der Waals surface area contributed by atoms with Crippen molar-refractivity contribution in [2.45, 2.75) is 32.2 Å². The molecule has 1 saturated carbocycles. The molecule has 0 aliphatic heterocycles. The summed E-state index contributed by atoms with van der Waals surface area (Å²) in [6.07, 6.45) is 5.27. The van der Waals surface area contributed by atoms with E-state index >= 15 is 0 Å². The molecular weight excluding hydrogens is 250 g/mol. The number of nitrogens with two attached hydrogens (primary N) is 1. The van der Waals surface area contributed by atoms with Crippen molar-refractivity contribution >= 4 is 22.5 Å². The number of anilines is 1. The van der Waals surface area contributed by atoms with Crippen molar-refractivity contribution in [1.82, 2.24) is 10.3 Å². The van der Waals surface area contributed by atoms with Gasteiger partial charge in [-0.3, -0.25) is 4.79 Å². The maximum atomic E-state index is 12.4. The first-order valence-electron chi connectivity index (χ1n) is 7.11. The lowest BCUT2D eigenvalue weighted by atomic mass is 9.80. The fraction of sp³-hybridized carbons (Fsp3) is 0.375. The SMILES string of the molecule is CC(NC(=O)c1cnc(N)c2ccccc12)C1CCC1. The summed E-state index contributed by atoms with van der Waals surface area (Å²) in [6.45, 7) is 2.08. The lowest BCUT2D eigenvalue weighted by Crippen LogP contribution is -2.40. The summed E-state index contributed by atoms with van der Waals surface area (Å²) >= 11 is 0. The predicted octanol–water partition coefficient (Wildman–Crippen LogP) is 2.74. The molecule has 1 amide bonds. The van der Waals surface area contributed by atoms with Gasteiger partial charge in [0.05, 0.1) is 5.56 Å². The minimum Gasteiger partial charge on any atom is -0.383 e. The number of pyridine rings is 1. The molecule has 0 radical (unpaired) electrons. The summed E-state index contributed by atoms with van der Waals surface area (Å²) in [5.74, 6) is 1.02. The summed E-state index contributed by atoms with van der Waals surface area (Å²) < 4.78 is 0. The first-order valence-corrected chi connectivity index (χ1v) is 7.11. The fourth-order valence-corrected chi connectivity index (χ4v) is 2.74. The standard InChI is InChI=1S/C16H19N3O/c1-10(11-5-4-6-11)19-16(20)14-9-18-15(17)13-8-3-2-7-12(13)14/h2-3,7-11H,4-6H2,1H3,(H2,17,18)(H,19,20). The Bertz CT molecular complexity index is 649. The number of aromatic nitrogens is 1. The van der Waals surface area contributed by atoms with Gasteiger partial charge in [0.2, 0.25) is 0 Å². The molecule has 1 aliphatic rings. The van der Waals surface area contributed by atoms with E-state index in [0.29, 0.717) is 17.3 Å². The molecule has 4 heteroatoms. The number of benzene rings is 1. The minimum absolute atomic E-state index is 0.0619. The highest BCUT2D eigenvalue weighted by Gasteiger charge is 2.25. The molecule has 1 aromatic heterocycles. The number of nitrogen functional groups attached to an aromatic ring is 1. The van der Waals surface area contributed by atoms with E-state index in [4.69, 9.17) is 5.73 Å². The van der Waals surface area contributed by atoms with Gasteiger partial charge in [-0.15, -0.1) is 0 Å². The molecule has 0 spiro atoms. The Morgan fingerprint density at radius 1 is 1.35 bits per heavy atom. The topological polar surface area (TPSA) is 68.0 Å². The molecule has 0 bridgehead atoms. The van der Waals surface area contributed by atoms with E-state index in [1.54, 1.807) is 6.20 Å². The van der Waals surface area contributed by atoms with Gasteiger partial charge in [-0.25, -0.2) is 4.98 Å². The number of hydrogen-bond donors (Lipinski definition) is 2. The molecule has 1 unspecified atom stereocenters. The van der Waals surface area contributed by atoms with Gasteiger partial charge in [0.1, 0.15) is 5.82 Å². The van der Waals surface area contributed by atoms with Gasteiger partial charge < -0.3 is 11.1 Å². The Labute approximate surface area is 118 Å². The Kier molecular flexibility index (Phi) is 3.30. The summed E-state index contributed by atoms with van der Waals surface area (Å²) in [4.78, 5) is 16.6. The lowest BCUT2D eigenvalue weighted by Gasteiger charge is -2.31. The third-order valence-corrected chi connectivity index (χ3v) is 4.29. The molecule has 0 saturated heterocycles. The van der Waals surface area contributed by atoms with Crippen LogP contribution in [0, 0.1) is 5.92 Å². The Morgan fingerprint density at radius 2 is 2.05 bits per heavy atom. The van der Waals surface area contributed by atoms with Gasteiger partial charge in [-0.1, -0.05) is 30.7 Å². The predicted molar refractivity (Wildman–Crippen MR) is 80.4 cm³/mol. The van der Waals surface area contributed by atoms with Gasteiger partial charge in [0, 0.05) is 17.6 Å². The molecule has 20 heavy (non-hydrogen) atoms. The van der Waals surface area contributed by atoms with Gasteiger partial charge >= 0.3 is 0 Å². The zero-order chi connectivity index (χ0) is 14.1. The van der Waals surface area contributed by atoms with E-state index in [1.165, 1.54) is 19.3 Å². The number of carbonyl (C=O) groups excluding carboxylic acids is 1. The number of amides is 1. The van der Waals surface area contributed by atoms with Gasteiger partial charge in [-0.2, -0.15) is 0 Å². The van der Waals surface area contributed by atoms with Crippen LogP contribution in [0.15, 0.2) is 30.5 Å². The monoisotopic (exact) mass is 269 g/mol. The fourth-order valence-electron chi connectivity index (χ4n) is 2.74. The first kappa shape index (κ1) is 12.9. The van der Waals surface area contributed by atoms with Crippen LogP contribution >= 0.6 is 0 Å². The zero-order valence-electron chi connectivity index (χ0n) is 11.6. The smallest absolute Gasteiger partial charge is 0.253 e. The van der Waals surface area contributed by atoms with E-state index in [1.807, 2.05) is 24.3 Å². The van der Waals surface area contributed by atoms with E-state index in [2.05, 4.69) is 17.2 Å². The van der Waals surface area contributed by atoms with Crippen LogP contribution in [0.3, 0.4) is 0 Å². The Hall–Kier alpha value is -2.10. The van der Waals surface area contributed by atoms with Crippen molar-refractivity contribution < 1.29 is 4.79 Å². The third kappa shape index (κ3) is 2.22. The van der Waals surface area contributed by atoms with Crippen molar-refractivity contribution in [1.29, 1.82) is 0 Å². The highest BCUT2D eigenvalue weighted by Crippen LogP contribution is 2.30. The first-order chi connectivity index (χ1) is 9.66. The van der Waals surface area contributed by atoms with Crippen LogP contribution in [-0.4, -0.2) is 16.9 Å². The highest BCUT2D eigenvalue weighted by atomic mass is 16.1. The molecule has 4 nitrogen and oxygen atoms in total. The number of nitrogens with zero attached hydrogens (tertiary/aromatic N) is 1. The summed E-state index contributed by atoms with van der Waals surface area (Å²) in [5.41, 5.74) is 6.46. The zero-order valence-corrected chi connectivity index (χ0v) is 11.6. The van der Waals surface area contributed by atoms with E-state index in [-0.39, 0.29) is 11.9 Å². The number of nitrogens with one attached hydrogen (secondary N) is 1. The second-order valence-corrected chi connectivity index (χ2v) is 5.56. The molecule has 3 rings (SSSR count). The largest absolute Gasteiger partial charge is 0.383 e. The highest BCUT2D eigenvalue weighted by molar-refractivity contribution is 6.09. The summed E-state index contributed by atoms with van der Waals surface area (Å²) in [6, 6.07) is 7.83. The van der Waals surface area contributed by atoms with Crippen LogP contribution in [0.25, 0.3) is 10.8 Å². The summed E-state index contributed by atoms with van der Waals surface area (Å²) in [7, 11) is 0. The molecular formula is C16H19N3O. The van der Waals surface area contributed by atoms with E-state index in [0.717, 1.165) is 10.8 Å². The third-order valence-electron chi connectivity index (χ3n) is 4.29. The molecule has 104 valence electrons. The molecule has 1 aliphatic carbocycles. The van der Waals surface area contributed by atoms with Gasteiger partial charge in [0.25, 0.3) is 5.91 Å². The summed E-state index contributed by atoms with van der Waals surface area (Å²) in [5, 5.41) is 4.78. The maximum absolute atomic E-state index is 12.4. The Balaban J connectivity index is 1.89. The van der Waals surface area contributed by atoms with Crippen molar-refractivity contribution in [3.8, 4) is 0 Å². The molecule has 1 fully saturated rings. The molecule has 3 N–H and O–H groups in total. The van der Waals surface area contributed by atoms with Crippen LogP contribution in [0.2, 0.25) is 0 Å². The van der Waals surface area contributed by atoms with Crippen molar-refractivity contribution in [3.05, 3.63) is 36.0 Å². The van der Waals surface area contributed by atoms with Crippen LogP contribution in [-0.2, 0) is 0 Å². The molecule has 2 aromatic rings. The average Bonchev–Trinajstić information content (AvgIpc) is 2.37. The number of rotatable bonds is 3. The molecule has 1 heterocycles. The van der Waals surface area contributed by atoms with Gasteiger partial charge in [-0.05, 0) is 31.1 Å². The quantitative estimate of drug-likeness (QED) is 0.900. The minimum atomic E-state index is -0.0619. The number of fused-ring (bicyclic) bond motifs is 1. The van der Waals surface area contributed by atoms with Crippen molar-refractivity contribution in [2.75, 3.05) is 5.73 Å². The van der Waals surface area contributed by atoms with Gasteiger partial charge in [0.15, 0.2) is 0 Å². The Morgan fingerprint density at radius 3 is 2.70 bits per heavy atom. The number of carbonyl (C=O) groups is 1. The van der Waals surface area contributed by atoms with E-state index < -0.39 is 0 Å². The van der Waals surface area contributed by atoms with Crippen LogP contribution in [0.5, 0.6) is 0 Å². The second-order valence-electron chi connectivity index (χ2n) is 5.56. The van der Waals surface area contributed by atoms with Crippen molar-refractivity contribution in [2.24, 2.45) is 5.92 Å². The van der Waals surface area contributed by atoms with Crippen LogP contribution in [0.1, 0.15) is 36.5 Å². The average molecular weight is 269 g/mol. The number of hydrogen-bond acceptors (Lipinski definition) is 3. The maximum Gasteiger partial charge on any atom is 0.253 e. The van der Waals surface area contributed by atoms with E-state index in [9.17, 15) is 4.79 Å². The second kappa shape index (κ2) is 5.12.